The minimum Gasteiger partial charge on any atom is -0.476 e. The van der Waals surface area contributed by atoms with Crippen molar-refractivity contribution >= 4 is 46.3 Å². The van der Waals surface area contributed by atoms with Gasteiger partial charge in [0.15, 0.2) is 5.69 Å². The SMILES string of the molecule is Cc1c(N2CCC3CC3C2)nc2c([C@@H](C)Nc3ccc(Cl)nc3C(=O)O)cc(Cl)cn2c1=O. The second-order valence-corrected chi connectivity index (χ2v) is 9.69. The molecule has 0 amide bonds. The normalized spacial score (nSPS) is 20.4. The van der Waals surface area contributed by atoms with E-state index in [1.54, 1.807) is 25.3 Å². The van der Waals surface area contributed by atoms with E-state index >= 15 is 0 Å². The number of rotatable bonds is 5. The molecule has 2 aliphatic rings. The fraction of sp³-hybridized carbons (Fsp3) is 0.391. The third-order valence-corrected chi connectivity index (χ3v) is 7.03. The summed E-state index contributed by atoms with van der Waals surface area (Å²) in [6.07, 6.45) is 3.95. The van der Waals surface area contributed by atoms with Gasteiger partial charge in [0.05, 0.1) is 22.3 Å². The second-order valence-electron chi connectivity index (χ2n) is 8.86. The molecule has 1 saturated carbocycles. The molecule has 0 aromatic carbocycles. The van der Waals surface area contributed by atoms with Crippen LogP contribution in [0.3, 0.4) is 0 Å². The van der Waals surface area contributed by atoms with Gasteiger partial charge in [-0.15, -0.1) is 0 Å². The van der Waals surface area contributed by atoms with Gasteiger partial charge < -0.3 is 15.3 Å². The number of aromatic carboxylic acids is 1. The molecule has 5 rings (SSSR count). The van der Waals surface area contributed by atoms with E-state index in [1.165, 1.54) is 16.9 Å². The van der Waals surface area contributed by atoms with Crippen molar-refractivity contribution in [2.24, 2.45) is 11.8 Å². The highest BCUT2D eigenvalue weighted by atomic mass is 35.5. The Morgan fingerprint density at radius 2 is 2.06 bits per heavy atom. The van der Waals surface area contributed by atoms with Crippen LogP contribution >= 0.6 is 23.2 Å². The van der Waals surface area contributed by atoms with Gasteiger partial charge in [-0.2, -0.15) is 0 Å². The first-order valence-electron chi connectivity index (χ1n) is 10.9. The molecule has 1 aliphatic carbocycles. The number of pyridine rings is 2. The largest absolute Gasteiger partial charge is 0.476 e. The van der Waals surface area contributed by atoms with Crippen LogP contribution in [-0.2, 0) is 0 Å². The van der Waals surface area contributed by atoms with Crippen molar-refractivity contribution in [3.63, 3.8) is 0 Å². The Morgan fingerprint density at radius 1 is 1.27 bits per heavy atom. The van der Waals surface area contributed by atoms with Gasteiger partial charge in [0.25, 0.3) is 5.56 Å². The minimum absolute atomic E-state index is 0.0894. The summed E-state index contributed by atoms with van der Waals surface area (Å²) in [5, 5.41) is 13.2. The Balaban J connectivity index is 1.59. The summed E-state index contributed by atoms with van der Waals surface area (Å²) in [5.74, 6) is 1.02. The number of nitrogens with zero attached hydrogens (tertiary/aromatic N) is 4. The van der Waals surface area contributed by atoms with Gasteiger partial charge in [0.1, 0.15) is 16.6 Å². The quantitative estimate of drug-likeness (QED) is 0.513. The van der Waals surface area contributed by atoms with E-state index < -0.39 is 12.0 Å². The van der Waals surface area contributed by atoms with E-state index in [1.807, 2.05) is 6.92 Å². The lowest BCUT2D eigenvalue weighted by molar-refractivity contribution is 0.0691. The number of carboxylic acids is 1. The zero-order valence-corrected chi connectivity index (χ0v) is 19.7. The van der Waals surface area contributed by atoms with Crippen molar-refractivity contribution in [3.05, 3.63) is 61.7 Å². The third kappa shape index (κ3) is 4.02. The van der Waals surface area contributed by atoms with Crippen LogP contribution in [0, 0.1) is 18.8 Å². The molecule has 3 aromatic rings. The fourth-order valence-electron chi connectivity index (χ4n) is 4.74. The fourth-order valence-corrected chi connectivity index (χ4v) is 5.10. The summed E-state index contributed by atoms with van der Waals surface area (Å²) < 4.78 is 1.47. The number of carboxylic acid groups (broad SMARTS) is 1. The van der Waals surface area contributed by atoms with Crippen molar-refractivity contribution in [2.45, 2.75) is 32.7 Å². The number of fused-ring (bicyclic) bond motifs is 2. The summed E-state index contributed by atoms with van der Waals surface area (Å²) >= 11 is 12.2. The van der Waals surface area contributed by atoms with Crippen LogP contribution in [0.25, 0.3) is 5.65 Å². The number of hydrogen-bond acceptors (Lipinski definition) is 6. The molecule has 0 bridgehead atoms. The Kier molecular flexibility index (Phi) is 5.45. The van der Waals surface area contributed by atoms with Crippen molar-refractivity contribution in [1.29, 1.82) is 0 Å². The van der Waals surface area contributed by atoms with Crippen LogP contribution in [-0.4, -0.2) is 38.5 Å². The monoisotopic (exact) mass is 487 g/mol. The first-order valence-corrected chi connectivity index (χ1v) is 11.6. The van der Waals surface area contributed by atoms with Gasteiger partial charge in [-0.25, -0.2) is 14.8 Å². The first kappa shape index (κ1) is 22.0. The van der Waals surface area contributed by atoms with Crippen LogP contribution in [0.2, 0.25) is 10.2 Å². The van der Waals surface area contributed by atoms with Crippen molar-refractivity contribution in [2.75, 3.05) is 23.3 Å². The summed E-state index contributed by atoms with van der Waals surface area (Å²) in [4.78, 5) is 36.0. The van der Waals surface area contributed by atoms with Crippen molar-refractivity contribution < 1.29 is 9.90 Å². The minimum atomic E-state index is -1.20. The predicted molar refractivity (Wildman–Crippen MR) is 128 cm³/mol. The van der Waals surface area contributed by atoms with Crippen LogP contribution in [0.5, 0.6) is 0 Å². The standard InChI is InChI=1S/C23H23Cl2N5O3/c1-11-20(29-6-5-13-7-14(13)9-29)28-21-16(8-15(24)10-30(21)22(11)31)12(2)26-17-3-4-18(25)27-19(17)23(32)33/h3-4,8,10,12-14,26H,5-7,9H2,1-2H3,(H,32,33)/t12-,13?,14?/m1/s1. The average molecular weight is 488 g/mol. The molecule has 4 heterocycles. The highest BCUT2D eigenvalue weighted by molar-refractivity contribution is 6.30. The van der Waals surface area contributed by atoms with Crippen molar-refractivity contribution in [3.8, 4) is 0 Å². The zero-order valence-electron chi connectivity index (χ0n) is 18.2. The summed E-state index contributed by atoms with van der Waals surface area (Å²) in [5.41, 5.74) is 1.71. The smallest absolute Gasteiger partial charge is 0.356 e. The number of nitrogens with one attached hydrogen (secondary N) is 1. The maximum absolute atomic E-state index is 13.3. The highest BCUT2D eigenvalue weighted by Gasteiger charge is 2.42. The molecule has 33 heavy (non-hydrogen) atoms. The molecular formula is C23H23Cl2N5O3. The molecule has 8 nitrogen and oxygen atoms in total. The Morgan fingerprint density at radius 3 is 2.79 bits per heavy atom. The highest BCUT2D eigenvalue weighted by Crippen LogP contribution is 2.45. The van der Waals surface area contributed by atoms with E-state index in [0.717, 1.165) is 25.4 Å². The molecule has 1 aliphatic heterocycles. The lowest BCUT2D eigenvalue weighted by Gasteiger charge is -2.29. The molecule has 0 spiro atoms. The molecule has 10 heteroatoms. The third-order valence-electron chi connectivity index (χ3n) is 6.61. The van der Waals surface area contributed by atoms with E-state index in [2.05, 4.69) is 15.2 Å². The van der Waals surface area contributed by atoms with Gasteiger partial charge in [0.2, 0.25) is 0 Å². The molecule has 3 aromatic heterocycles. The maximum atomic E-state index is 13.3. The van der Waals surface area contributed by atoms with E-state index in [-0.39, 0.29) is 16.4 Å². The number of carbonyl (C=O) groups is 1. The number of hydrogen-bond donors (Lipinski definition) is 2. The van der Waals surface area contributed by atoms with Gasteiger partial charge in [0, 0.05) is 24.8 Å². The lowest BCUT2D eigenvalue weighted by Crippen LogP contribution is -2.35. The van der Waals surface area contributed by atoms with E-state index in [0.29, 0.717) is 39.2 Å². The first-order chi connectivity index (χ1) is 15.7. The lowest BCUT2D eigenvalue weighted by atomic mass is 10.1. The van der Waals surface area contributed by atoms with Gasteiger partial charge in [-0.1, -0.05) is 23.2 Å². The van der Waals surface area contributed by atoms with Crippen LogP contribution in [0.4, 0.5) is 11.5 Å². The number of anilines is 2. The maximum Gasteiger partial charge on any atom is 0.356 e. The van der Waals surface area contributed by atoms with E-state index in [9.17, 15) is 14.7 Å². The molecule has 0 radical (unpaired) electrons. The molecule has 2 N–H and O–H groups in total. The van der Waals surface area contributed by atoms with Crippen molar-refractivity contribution in [1.82, 2.24) is 14.4 Å². The Hall–Kier alpha value is -2.84. The molecule has 1 saturated heterocycles. The summed E-state index contributed by atoms with van der Waals surface area (Å²) in [6, 6.07) is 4.41. The van der Waals surface area contributed by atoms with Gasteiger partial charge in [-0.3, -0.25) is 9.20 Å². The predicted octanol–water partition coefficient (Wildman–Crippen LogP) is 4.42. The zero-order chi connectivity index (χ0) is 23.4. The molecule has 3 atom stereocenters. The Bertz CT molecular complexity index is 1340. The van der Waals surface area contributed by atoms with Gasteiger partial charge >= 0.3 is 5.97 Å². The number of halogens is 2. The summed E-state index contributed by atoms with van der Waals surface area (Å²) in [6.45, 7) is 5.47. The number of piperidine rings is 1. The van der Waals surface area contributed by atoms with Crippen LogP contribution < -0.4 is 15.8 Å². The average Bonchev–Trinajstić information content (AvgIpc) is 3.56. The molecule has 172 valence electrons. The Labute approximate surface area is 200 Å². The topological polar surface area (TPSA) is 99.8 Å². The van der Waals surface area contributed by atoms with Crippen LogP contribution in [0.15, 0.2) is 29.2 Å². The summed E-state index contributed by atoms with van der Waals surface area (Å²) in [7, 11) is 0. The molecule has 2 unspecified atom stereocenters. The second kappa shape index (κ2) is 8.18. The molecule has 2 fully saturated rings. The van der Waals surface area contributed by atoms with E-state index in [4.69, 9.17) is 28.2 Å². The van der Waals surface area contributed by atoms with Crippen LogP contribution in [0.1, 0.15) is 47.4 Å². The molecular weight excluding hydrogens is 465 g/mol. The number of aromatic nitrogens is 3. The van der Waals surface area contributed by atoms with Gasteiger partial charge in [-0.05, 0) is 56.7 Å².